The number of likely N-dealkylation sites (tertiary alicyclic amines) is 1. The summed E-state index contributed by atoms with van der Waals surface area (Å²) in [5, 5.41) is 11.1. The molecule has 0 aromatic heterocycles. The molecule has 1 atom stereocenters. The van der Waals surface area contributed by atoms with Gasteiger partial charge in [-0.1, -0.05) is 35.9 Å². The molecule has 1 aliphatic rings. The smallest absolute Gasteiger partial charge is 0.166 e. The molecule has 0 saturated carbocycles. The van der Waals surface area contributed by atoms with Crippen LogP contribution in [0.1, 0.15) is 36.9 Å². The zero-order valence-corrected chi connectivity index (χ0v) is 15.9. The topological polar surface area (TPSA) is 46.3 Å². The number of para-hydroxylation sites is 1. The van der Waals surface area contributed by atoms with E-state index >= 15 is 0 Å². The van der Waals surface area contributed by atoms with Gasteiger partial charge in [0.25, 0.3) is 0 Å². The predicted molar refractivity (Wildman–Crippen MR) is 106 cm³/mol. The van der Waals surface area contributed by atoms with Crippen molar-refractivity contribution in [2.24, 2.45) is 4.99 Å². The first kappa shape index (κ1) is 18.7. The number of nitrogens with zero attached hydrogens (tertiary/aromatic N) is 1. The second-order valence-electron chi connectivity index (χ2n) is 6.56. The van der Waals surface area contributed by atoms with Crippen LogP contribution in [0.4, 0.5) is 0 Å². The van der Waals surface area contributed by atoms with Crippen molar-refractivity contribution in [1.29, 1.82) is 0 Å². The van der Waals surface area contributed by atoms with E-state index in [9.17, 15) is 5.11 Å². The molecule has 2 aromatic carbocycles. The minimum Gasteiger partial charge on any atom is -0.504 e. The second-order valence-corrected chi connectivity index (χ2v) is 6.97. The van der Waals surface area contributed by atoms with E-state index in [1.54, 1.807) is 12.3 Å². The number of benzene rings is 2. The van der Waals surface area contributed by atoms with Crippen LogP contribution in [-0.4, -0.2) is 37.6 Å². The third kappa shape index (κ3) is 4.37. The summed E-state index contributed by atoms with van der Waals surface area (Å²) in [6.45, 7) is 5.35. The van der Waals surface area contributed by atoms with Crippen LogP contribution in [0.2, 0.25) is 5.02 Å². The zero-order valence-electron chi connectivity index (χ0n) is 15.1. The van der Waals surface area contributed by atoms with Crippen LogP contribution in [0.15, 0.2) is 47.5 Å². The van der Waals surface area contributed by atoms with Crippen molar-refractivity contribution in [2.45, 2.75) is 25.8 Å². The van der Waals surface area contributed by atoms with E-state index < -0.39 is 0 Å². The first-order valence-corrected chi connectivity index (χ1v) is 9.62. The van der Waals surface area contributed by atoms with Gasteiger partial charge in [0.2, 0.25) is 0 Å². The Labute approximate surface area is 160 Å². The highest BCUT2D eigenvalue weighted by Gasteiger charge is 2.28. The van der Waals surface area contributed by atoms with E-state index in [0.717, 1.165) is 23.7 Å². The molecule has 4 nitrogen and oxygen atoms in total. The predicted octanol–water partition coefficient (Wildman–Crippen LogP) is 3.28. The molecule has 0 bridgehead atoms. The molecule has 1 saturated heterocycles. The van der Waals surface area contributed by atoms with Crippen LogP contribution in [0, 0.1) is 0 Å². The Morgan fingerprint density at radius 3 is 2.69 bits per heavy atom. The molecule has 2 N–H and O–H groups in total. The maximum atomic E-state index is 10.3. The van der Waals surface area contributed by atoms with E-state index in [2.05, 4.69) is 11.1 Å². The third-order valence-electron chi connectivity index (χ3n) is 4.87. The molecule has 26 heavy (non-hydrogen) atoms. The van der Waals surface area contributed by atoms with Gasteiger partial charge >= 0.3 is 0 Å². The summed E-state index contributed by atoms with van der Waals surface area (Å²) < 4.78 is 5.44. The Morgan fingerprint density at radius 2 is 1.96 bits per heavy atom. The fourth-order valence-electron chi connectivity index (χ4n) is 3.55. The normalized spacial score (nSPS) is 16.2. The van der Waals surface area contributed by atoms with Crippen molar-refractivity contribution in [2.75, 3.05) is 26.2 Å². The van der Waals surface area contributed by atoms with Crippen LogP contribution in [-0.2, 0) is 0 Å². The van der Waals surface area contributed by atoms with Gasteiger partial charge in [0.05, 0.1) is 26.2 Å². The Morgan fingerprint density at radius 1 is 1.19 bits per heavy atom. The molecule has 3 rings (SSSR count). The lowest BCUT2D eigenvalue weighted by atomic mass is 10.1. The van der Waals surface area contributed by atoms with Crippen LogP contribution >= 0.6 is 11.6 Å². The zero-order chi connectivity index (χ0) is 18.4. The minimum absolute atomic E-state index is 0.140. The maximum absolute atomic E-state index is 10.3. The molecule has 138 valence electrons. The van der Waals surface area contributed by atoms with Gasteiger partial charge in [-0.25, -0.2) is 0 Å². The summed E-state index contributed by atoms with van der Waals surface area (Å²) in [6, 6.07) is 13.7. The van der Waals surface area contributed by atoms with Crippen molar-refractivity contribution in [1.82, 2.24) is 0 Å². The SMILES string of the molecule is CCOc1cccc(C=NC[C@@H](c2ccccc2Cl)[NH+]2CCCC2)c1O. The molecular weight excluding hydrogens is 348 g/mol. The van der Waals surface area contributed by atoms with Gasteiger partial charge in [-0.3, -0.25) is 4.99 Å². The van der Waals surface area contributed by atoms with Gasteiger partial charge in [0, 0.05) is 35.2 Å². The van der Waals surface area contributed by atoms with E-state index in [1.807, 2.05) is 37.3 Å². The number of halogens is 1. The fraction of sp³-hybridized carbons (Fsp3) is 0.381. The first-order valence-electron chi connectivity index (χ1n) is 9.24. The van der Waals surface area contributed by atoms with Crippen LogP contribution < -0.4 is 9.64 Å². The quantitative estimate of drug-likeness (QED) is 0.731. The average molecular weight is 374 g/mol. The summed E-state index contributed by atoms with van der Waals surface area (Å²) in [5.41, 5.74) is 1.82. The van der Waals surface area contributed by atoms with Crippen molar-refractivity contribution >= 4 is 17.8 Å². The van der Waals surface area contributed by atoms with Crippen LogP contribution in [0.3, 0.4) is 0 Å². The van der Waals surface area contributed by atoms with Gasteiger partial charge in [0.1, 0.15) is 6.04 Å². The molecule has 0 amide bonds. The Hall–Kier alpha value is -2.04. The summed E-state index contributed by atoms with van der Waals surface area (Å²) in [4.78, 5) is 6.18. The monoisotopic (exact) mass is 373 g/mol. The summed E-state index contributed by atoms with van der Waals surface area (Å²) in [5.74, 6) is 0.630. The largest absolute Gasteiger partial charge is 0.504 e. The molecule has 5 heteroatoms. The van der Waals surface area contributed by atoms with Gasteiger partial charge in [-0.2, -0.15) is 0 Å². The average Bonchev–Trinajstić information content (AvgIpc) is 3.17. The van der Waals surface area contributed by atoms with E-state index in [-0.39, 0.29) is 11.8 Å². The van der Waals surface area contributed by atoms with Gasteiger partial charge in [0.15, 0.2) is 11.5 Å². The van der Waals surface area contributed by atoms with Crippen molar-refractivity contribution in [3.05, 3.63) is 58.6 Å². The lowest BCUT2D eigenvalue weighted by molar-refractivity contribution is -0.918. The number of phenolic OH excluding ortho intramolecular Hbond substituents is 1. The van der Waals surface area contributed by atoms with Crippen molar-refractivity contribution in [3.8, 4) is 11.5 Å². The lowest BCUT2D eigenvalue weighted by Gasteiger charge is -2.24. The standard InChI is InChI=1S/C21H25ClN2O2/c1-2-26-20-11-7-8-16(21(20)25)14-23-15-19(24-12-5-6-13-24)17-9-3-4-10-18(17)22/h3-4,7-11,14,19,25H,2,5-6,12-13,15H2,1H3/p+1/t19-/m0/s1. The molecule has 1 aliphatic heterocycles. The highest BCUT2D eigenvalue weighted by atomic mass is 35.5. The Kier molecular flexibility index (Phi) is 6.53. The third-order valence-corrected chi connectivity index (χ3v) is 5.21. The molecular formula is C21H26ClN2O2+. The molecule has 2 aromatic rings. The molecule has 0 spiro atoms. The molecule has 0 aliphatic carbocycles. The number of ether oxygens (including phenoxy) is 1. The van der Waals surface area contributed by atoms with Gasteiger partial charge in [-0.15, -0.1) is 0 Å². The van der Waals surface area contributed by atoms with E-state index in [1.165, 1.54) is 17.7 Å². The second kappa shape index (κ2) is 9.06. The number of hydrogen-bond donors (Lipinski definition) is 2. The maximum Gasteiger partial charge on any atom is 0.166 e. The number of nitrogens with one attached hydrogen (secondary N) is 1. The number of phenols is 1. The van der Waals surface area contributed by atoms with Crippen molar-refractivity contribution in [3.63, 3.8) is 0 Å². The minimum atomic E-state index is 0.140. The van der Waals surface area contributed by atoms with Crippen molar-refractivity contribution < 1.29 is 14.7 Å². The molecule has 1 fully saturated rings. The Balaban J connectivity index is 1.79. The Bertz CT molecular complexity index is 757. The first-order chi connectivity index (χ1) is 12.7. The molecule has 1 heterocycles. The summed E-state index contributed by atoms with van der Waals surface area (Å²) in [6.07, 6.45) is 4.23. The highest BCUT2D eigenvalue weighted by Crippen LogP contribution is 2.28. The van der Waals surface area contributed by atoms with Crippen LogP contribution in [0.5, 0.6) is 11.5 Å². The highest BCUT2D eigenvalue weighted by molar-refractivity contribution is 6.31. The number of aromatic hydroxyl groups is 1. The number of quaternary nitrogens is 1. The van der Waals surface area contributed by atoms with E-state index in [0.29, 0.717) is 24.5 Å². The number of aliphatic imine (C=N–C) groups is 1. The molecule has 0 radical (unpaired) electrons. The van der Waals surface area contributed by atoms with Gasteiger partial charge < -0.3 is 14.7 Å². The lowest BCUT2D eigenvalue weighted by Crippen LogP contribution is -3.10. The molecule has 0 unspecified atom stereocenters. The van der Waals surface area contributed by atoms with E-state index in [4.69, 9.17) is 16.3 Å². The number of rotatable bonds is 7. The number of hydrogen-bond acceptors (Lipinski definition) is 3. The van der Waals surface area contributed by atoms with Crippen LogP contribution in [0.25, 0.3) is 0 Å². The fourth-order valence-corrected chi connectivity index (χ4v) is 3.82. The summed E-state index contributed by atoms with van der Waals surface area (Å²) in [7, 11) is 0. The summed E-state index contributed by atoms with van der Waals surface area (Å²) >= 11 is 6.45. The van der Waals surface area contributed by atoms with Gasteiger partial charge in [-0.05, 0) is 25.1 Å².